The molecular formula is C9H10N6O3. The number of aromatic nitrogens is 4. The molecule has 2 aromatic rings. The second-order valence-corrected chi connectivity index (χ2v) is 3.36. The molecule has 94 valence electrons. The Bertz CT molecular complexity index is 541. The fraction of sp³-hybridized carbons (Fsp3) is 0.222. The van der Waals surface area contributed by atoms with Crippen LogP contribution in [-0.4, -0.2) is 32.7 Å². The molecule has 0 aliphatic carbocycles. The van der Waals surface area contributed by atoms with Crippen LogP contribution in [-0.2, 0) is 6.54 Å². The van der Waals surface area contributed by atoms with Crippen molar-refractivity contribution in [2.24, 2.45) is 0 Å². The van der Waals surface area contributed by atoms with E-state index in [1.165, 1.54) is 19.2 Å². The maximum atomic E-state index is 10.7. The van der Waals surface area contributed by atoms with E-state index in [1.807, 2.05) is 0 Å². The number of aromatic amines is 1. The molecule has 2 rings (SSSR count). The third kappa shape index (κ3) is 2.70. The standard InChI is InChI=1S/C9H10N6O3/c1-18-8-3-6(2-7(4-8)15(16)17)10-5-9-11-13-14-12-9/h2-4,10H,5H2,1H3,(H,11,12,13,14). The first-order valence-corrected chi connectivity index (χ1v) is 4.98. The first kappa shape index (κ1) is 11.8. The van der Waals surface area contributed by atoms with Gasteiger partial charge in [0.1, 0.15) is 5.75 Å². The third-order valence-corrected chi connectivity index (χ3v) is 2.18. The van der Waals surface area contributed by atoms with Gasteiger partial charge in [-0.1, -0.05) is 5.21 Å². The van der Waals surface area contributed by atoms with Gasteiger partial charge in [-0.05, 0) is 0 Å². The Labute approximate surface area is 101 Å². The Hall–Kier alpha value is -2.71. The number of nitrogens with one attached hydrogen (secondary N) is 2. The van der Waals surface area contributed by atoms with Crippen LogP contribution in [0.25, 0.3) is 0 Å². The van der Waals surface area contributed by atoms with E-state index >= 15 is 0 Å². The van der Waals surface area contributed by atoms with Gasteiger partial charge in [-0.2, -0.15) is 5.21 Å². The zero-order valence-corrected chi connectivity index (χ0v) is 9.45. The van der Waals surface area contributed by atoms with Crippen LogP contribution in [0.3, 0.4) is 0 Å². The molecule has 0 aliphatic rings. The number of hydrogen-bond donors (Lipinski definition) is 2. The minimum Gasteiger partial charge on any atom is -0.496 e. The third-order valence-electron chi connectivity index (χ3n) is 2.18. The summed E-state index contributed by atoms with van der Waals surface area (Å²) in [4.78, 5) is 10.3. The SMILES string of the molecule is COc1cc(NCc2nn[nH]n2)cc([N+](=O)[O-])c1. The number of hydrogen-bond acceptors (Lipinski definition) is 7. The van der Waals surface area contributed by atoms with Gasteiger partial charge in [0.25, 0.3) is 5.69 Å². The number of nitro groups is 1. The van der Waals surface area contributed by atoms with Crippen LogP contribution in [0, 0.1) is 10.1 Å². The van der Waals surface area contributed by atoms with Crippen LogP contribution in [0.2, 0.25) is 0 Å². The molecule has 18 heavy (non-hydrogen) atoms. The Balaban J connectivity index is 2.16. The molecule has 0 amide bonds. The number of nitro benzene ring substituents is 1. The lowest BCUT2D eigenvalue weighted by atomic mass is 10.2. The van der Waals surface area contributed by atoms with E-state index in [0.717, 1.165) is 0 Å². The van der Waals surface area contributed by atoms with Crippen LogP contribution in [0.4, 0.5) is 11.4 Å². The smallest absolute Gasteiger partial charge is 0.275 e. The average Bonchev–Trinajstić information content (AvgIpc) is 2.89. The van der Waals surface area contributed by atoms with Crippen LogP contribution in [0.5, 0.6) is 5.75 Å². The number of H-pyrrole nitrogens is 1. The van der Waals surface area contributed by atoms with Gasteiger partial charge in [-0.25, -0.2) is 0 Å². The van der Waals surface area contributed by atoms with Gasteiger partial charge in [0.15, 0.2) is 5.82 Å². The monoisotopic (exact) mass is 250 g/mol. The minimum absolute atomic E-state index is 0.0510. The summed E-state index contributed by atoms with van der Waals surface area (Å²) in [5, 5.41) is 26.9. The Morgan fingerprint density at radius 3 is 2.94 bits per heavy atom. The summed E-state index contributed by atoms with van der Waals surface area (Å²) in [6, 6.07) is 4.40. The molecule has 0 fully saturated rings. The fourth-order valence-corrected chi connectivity index (χ4v) is 1.35. The van der Waals surface area contributed by atoms with Gasteiger partial charge in [0.2, 0.25) is 0 Å². The van der Waals surface area contributed by atoms with Crippen molar-refractivity contribution < 1.29 is 9.66 Å². The molecule has 1 aromatic heterocycles. The van der Waals surface area contributed by atoms with Crippen molar-refractivity contribution in [2.75, 3.05) is 12.4 Å². The maximum Gasteiger partial charge on any atom is 0.275 e. The largest absolute Gasteiger partial charge is 0.496 e. The first-order valence-electron chi connectivity index (χ1n) is 4.98. The van der Waals surface area contributed by atoms with Crippen molar-refractivity contribution in [1.29, 1.82) is 0 Å². The van der Waals surface area contributed by atoms with E-state index in [-0.39, 0.29) is 5.69 Å². The number of tetrazole rings is 1. The first-order chi connectivity index (χ1) is 8.69. The minimum atomic E-state index is -0.484. The summed E-state index contributed by atoms with van der Waals surface area (Å²) in [5.74, 6) is 0.861. The van der Waals surface area contributed by atoms with E-state index in [0.29, 0.717) is 23.8 Å². The van der Waals surface area contributed by atoms with Crippen molar-refractivity contribution in [3.05, 3.63) is 34.1 Å². The lowest BCUT2D eigenvalue weighted by Gasteiger charge is -2.06. The molecule has 0 radical (unpaired) electrons. The van der Waals surface area contributed by atoms with Crippen molar-refractivity contribution in [2.45, 2.75) is 6.54 Å². The average molecular weight is 250 g/mol. The highest BCUT2D eigenvalue weighted by atomic mass is 16.6. The van der Waals surface area contributed by atoms with Crippen LogP contribution in [0.15, 0.2) is 18.2 Å². The lowest BCUT2D eigenvalue weighted by Crippen LogP contribution is -2.02. The lowest BCUT2D eigenvalue weighted by molar-refractivity contribution is -0.384. The number of rotatable bonds is 5. The van der Waals surface area contributed by atoms with E-state index in [9.17, 15) is 10.1 Å². The second kappa shape index (κ2) is 5.08. The highest BCUT2D eigenvalue weighted by molar-refractivity contribution is 5.56. The summed E-state index contributed by atoms with van der Waals surface area (Å²) >= 11 is 0. The normalized spacial score (nSPS) is 10.1. The summed E-state index contributed by atoms with van der Waals surface area (Å²) in [6.45, 7) is 0.306. The Morgan fingerprint density at radius 2 is 2.33 bits per heavy atom. The molecule has 0 unspecified atom stereocenters. The number of anilines is 1. The molecular weight excluding hydrogens is 240 g/mol. The predicted molar refractivity (Wildman–Crippen MR) is 61.2 cm³/mol. The molecule has 0 saturated heterocycles. The fourth-order valence-electron chi connectivity index (χ4n) is 1.35. The maximum absolute atomic E-state index is 10.7. The Kier molecular flexibility index (Phi) is 3.32. The van der Waals surface area contributed by atoms with Gasteiger partial charge in [-0.15, -0.1) is 10.2 Å². The zero-order chi connectivity index (χ0) is 13.0. The Morgan fingerprint density at radius 1 is 1.50 bits per heavy atom. The number of ether oxygens (including phenoxy) is 1. The number of methoxy groups -OCH3 is 1. The van der Waals surface area contributed by atoms with Gasteiger partial charge in [0.05, 0.1) is 24.6 Å². The predicted octanol–water partition coefficient (Wildman–Crippen LogP) is 0.729. The highest BCUT2D eigenvalue weighted by Gasteiger charge is 2.10. The molecule has 1 heterocycles. The second-order valence-electron chi connectivity index (χ2n) is 3.36. The molecule has 0 atom stereocenters. The number of nitrogens with zero attached hydrogens (tertiary/aromatic N) is 4. The molecule has 0 saturated carbocycles. The quantitative estimate of drug-likeness (QED) is 0.592. The summed E-state index contributed by atoms with van der Waals surface area (Å²) in [7, 11) is 1.45. The molecule has 9 heteroatoms. The summed E-state index contributed by atoms with van der Waals surface area (Å²) < 4.78 is 4.99. The van der Waals surface area contributed by atoms with Crippen molar-refractivity contribution in [3.63, 3.8) is 0 Å². The number of benzene rings is 1. The van der Waals surface area contributed by atoms with Crippen LogP contribution >= 0.6 is 0 Å². The zero-order valence-electron chi connectivity index (χ0n) is 9.45. The molecule has 0 spiro atoms. The molecule has 0 aliphatic heterocycles. The van der Waals surface area contributed by atoms with Crippen LogP contribution in [0.1, 0.15) is 5.82 Å². The molecule has 2 N–H and O–H groups in total. The van der Waals surface area contributed by atoms with Crippen molar-refractivity contribution >= 4 is 11.4 Å². The van der Waals surface area contributed by atoms with Gasteiger partial charge < -0.3 is 10.1 Å². The van der Waals surface area contributed by atoms with Crippen LogP contribution < -0.4 is 10.1 Å². The highest BCUT2D eigenvalue weighted by Crippen LogP contribution is 2.25. The summed E-state index contributed by atoms with van der Waals surface area (Å²) in [6.07, 6.45) is 0. The van der Waals surface area contributed by atoms with E-state index < -0.39 is 4.92 Å². The topological polar surface area (TPSA) is 119 Å². The van der Waals surface area contributed by atoms with Crippen molar-refractivity contribution in [1.82, 2.24) is 20.6 Å². The molecule has 9 nitrogen and oxygen atoms in total. The van der Waals surface area contributed by atoms with Gasteiger partial charge >= 0.3 is 0 Å². The van der Waals surface area contributed by atoms with E-state index in [2.05, 4.69) is 25.9 Å². The van der Waals surface area contributed by atoms with E-state index in [4.69, 9.17) is 4.74 Å². The van der Waals surface area contributed by atoms with Gasteiger partial charge in [0, 0.05) is 17.8 Å². The molecule has 1 aromatic carbocycles. The van der Waals surface area contributed by atoms with Crippen molar-refractivity contribution in [3.8, 4) is 5.75 Å². The number of non-ortho nitro benzene ring substituents is 1. The molecule has 0 bridgehead atoms. The van der Waals surface area contributed by atoms with E-state index in [1.54, 1.807) is 6.07 Å². The summed E-state index contributed by atoms with van der Waals surface area (Å²) in [5.41, 5.74) is 0.496. The van der Waals surface area contributed by atoms with Gasteiger partial charge in [-0.3, -0.25) is 10.1 Å².